The Kier molecular flexibility index (Phi) is 2.59. The molecule has 1 aromatic rings. The summed E-state index contributed by atoms with van der Waals surface area (Å²) in [7, 11) is 0. The highest BCUT2D eigenvalue weighted by Gasteiger charge is 2.34. The SMILES string of the molecule is Cc1ccc(CCC2CC3C=CC2C3)cc1. The van der Waals surface area contributed by atoms with Gasteiger partial charge in [-0.2, -0.15) is 0 Å². The summed E-state index contributed by atoms with van der Waals surface area (Å²) in [5, 5.41) is 0. The topological polar surface area (TPSA) is 0 Å². The molecule has 0 spiro atoms. The van der Waals surface area contributed by atoms with Crippen molar-refractivity contribution in [2.45, 2.75) is 32.6 Å². The van der Waals surface area contributed by atoms with Gasteiger partial charge in [0.2, 0.25) is 0 Å². The minimum Gasteiger partial charge on any atom is -0.0851 e. The van der Waals surface area contributed by atoms with Crippen LogP contribution in [0, 0.1) is 24.7 Å². The summed E-state index contributed by atoms with van der Waals surface area (Å²) < 4.78 is 0. The van der Waals surface area contributed by atoms with Crippen LogP contribution in [0.15, 0.2) is 36.4 Å². The van der Waals surface area contributed by atoms with Gasteiger partial charge in [-0.1, -0.05) is 42.0 Å². The molecular weight excluding hydrogens is 192 g/mol. The molecule has 0 heteroatoms. The number of aryl methyl sites for hydroxylation is 2. The summed E-state index contributed by atoms with van der Waals surface area (Å²) in [4.78, 5) is 0. The molecule has 84 valence electrons. The van der Waals surface area contributed by atoms with Gasteiger partial charge in [0.15, 0.2) is 0 Å². The Morgan fingerprint density at radius 1 is 1.06 bits per heavy atom. The van der Waals surface area contributed by atoms with Crippen LogP contribution in [0.3, 0.4) is 0 Å². The van der Waals surface area contributed by atoms with Crippen LogP contribution in [0.2, 0.25) is 0 Å². The average molecular weight is 212 g/mol. The smallest absolute Gasteiger partial charge is 0.0199 e. The van der Waals surface area contributed by atoms with Crippen molar-refractivity contribution >= 4 is 0 Å². The third-order valence-corrected chi connectivity index (χ3v) is 4.34. The van der Waals surface area contributed by atoms with Crippen LogP contribution in [0.5, 0.6) is 0 Å². The van der Waals surface area contributed by atoms with E-state index in [2.05, 4.69) is 43.3 Å². The molecule has 0 amide bonds. The van der Waals surface area contributed by atoms with Crippen LogP contribution >= 0.6 is 0 Å². The maximum absolute atomic E-state index is 2.47. The molecule has 2 aliphatic carbocycles. The first-order chi connectivity index (χ1) is 7.81. The quantitative estimate of drug-likeness (QED) is 0.661. The third kappa shape index (κ3) is 1.93. The lowest BCUT2D eigenvalue weighted by Crippen LogP contribution is -2.07. The Bertz CT molecular complexity index is 385. The molecule has 0 saturated heterocycles. The Balaban J connectivity index is 1.57. The number of rotatable bonds is 3. The van der Waals surface area contributed by atoms with E-state index in [0.717, 1.165) is 17.8 Å². The second-order valence-corrected chi connectivity index (χ2v) is 5.56. The minimum absolute atomic E-state index is 0.912. The van der Waals surface area contributed by atoms with E-state index in [-0.39, 0.29) is 0 Å². The van der Waals surface area contributed by atoms with Crippen LogP contribution in [-0.2, 0) is 6.42 Å². The molecule has 3 unspecified atom stereocenters. The standard InChI is InChI=1S/C16H20/c1-12-2-4-13(5-3-12)6-8-15-10-14-7-9-16(15)11-14/h2-5,7,9,14-16H,6,8,10-11H2,1H3. The van der Waals surface area contributed by atoms with Gasteiger partial charge in [-0.25, -0.2) is 0 Å². The second kappa shape index (κ2) is 4.08. The van der Waals surface area contributed by atoms with Crippen LogP contribution in [0.25, 0.3) is 0 Å². The van der Waals surface area contributed by atoms with Crippen LogP contribution in [0.4, 0.5) is 0 Å². The molecule has 0 N–H and O–H groups in total. The van der Waals surface area contributed by atoms with Crippen molar-refractivity contribution in [3.8, 4) is 0 Å². The zero-order valence-electron chi connectivity index (χ0n) is 10.0. The summed E-state index contributed by atoms with van der Waals surface area (Å²) >= 11 is 0. The fourth-order valence-electron chi connectivity index (χ4n) is 3.33. The fourth-order valence-corrected chi connectivity index (χ4v) is 3.33. The lowest BCUT2D eigenvalue weighted by atomic mass is 9.88. The average Bonchev–Trinajstić information content (AvgIpc) is 2.90. The largest absolute Gasteiger partial charge is 0.0851 e. The minimum atomic E-state index is 0.912. The Hall–Kier alpha value is -1.04. The first-order valence-corrected chi connectivity index (χ1v) is 6.55. The summed E-state index contributed by atoms with van der Waals surface area (Å²) in [5.41, 5.74) is 2.88. The van der Waals surface area contributed by atoms with E-state index < -0.39 is 0 Å². The second-order valence-electron chi connectivity index (χ2n) is 5.56. The monoisotopic (exact) mass is 212 g/mol. The van der Waals surface area contributed by atoms with Gasteiger partial charge in [0.1, 0.15) is 0 Å². The highest BCUT2D eigenvalue weighted by atomic mass is 14.4. The molecule has 0 aliphatic heterocycles. The maximum Gasteiger partial charge on any atom is -0.0199 e. The van der Waals surface area contributed by atoms with E-state index in [4.69, 9.17) is 0 Å². The van der Waals surface area contributed by atoms with Gasteiger partial charge in [0.05, 0.1) is 0 Å². The summed E-state index contributed by atoms with van der Waals surface area (Å²) in [6, 6.07) is 9.04. The Morgan fingerprint density at radius 3 is 2.50 bits per heavy atom. The highest BCUT2D eigenvalue weighted by Crippen LogP contribution is 2.45. The summed E-state index contributed by atoms with van der Waals surface area (Å²) in [5.74, 6) is 2.81. The number of hydrogen-bond acceptors (Lipinski definition) is 0. The lowest BCUT2D eigenvalue weighted by molar-refractivity contribution is 0.416. The Labute approximate surface area is 98.4 Å². The van der Waals surface area contributed by atoms with Crippen LogP contribution in [0.1, 0.15) is 30.4 Å². The Morgan fingerprint density at radius 2 is 1.88 bits per heavy atom. The summed E-state index contributed by atoms with van der Waals surface area (Å²) in [6.07, 6.45) is 10.4. The zero-order valence-corrected chi connectivity index (χ0v) is 10.0. The molecule has 0 aromatic heterocycles. The first-order valence-electron chi connectivity index (χ1n) is 6.55. The molecule has 1 saturated carbocycles. The lowest BCUT2D eigenvalue weighted by Gasteiger charge is -2.17. The van der Waals surface area contributed by atoms with Crippen LogP contribution < -0.4 is 0 Å². The molecule has 3 rings (SSSR count). The predicted molar refractivity (Wildman–Crippen MR) is 68.3 cm³/mol. The van der Waals surface area contributed by atoms with Crippen molar-refractivity contribution in [2.75, 3.05) is 0 Å². The van der Waals surface area contributed by atoms with Gasteiger partial charge >= 0.3 is 0 Å². The van der Waals surface area contributed by atoms with Gasteiger partial charge in [-0.15, -0.1) is 0 Å². The van der Waals surface area contributed by atoms with E-state index in [1.54, 1.807) is 0 Å². The van der Waals surface area contributed by atoms with Gasteiger partial charge < -0.3 is 0 Å². The molecule has 2 aliphatic rings. The molecule has 0 heterocycles. The highest BCUT2D eigenvalue weighted by molar-refractivity contribution is 5.21. The van der Waals surface area contributed by atoms with E-state index in [1.807, 2.05) is 0 Å². The van der Waals surface area contributed by atoms with E-state index in [0.29, 0.717) is 0 Å². The van der Waals surface area contributed by atoms with Crippen molar-refractivity contribution in [2.24, 2.45) is 17.8 Å². The molecule has 1 fully saturated rings. The molecule has 2 bridgehead atoms. The van der Waals surface area contributed by atoms with Gasteiger partial charge in [0, 0.05) is 0 Å². The van der Waals surface area contributed by atoms with Crippen molar-refractivity contribution < 1.29 is 0 Å². The third-order valence-electron chi connectivity index (χ3n) is 4.34. The number of benzene rings is 1. The molecular formula is C16H20. The maximum atomic E-state index is 2.47. The summed E-state index contributed by atoms with van der Waals surface area (Å²) in [6.45, 7) is 2.16. The molecule has 0 nitrogen and oxygen atoms in total. The first kappa shape index (κ1) is 10.1. The number of hydrogen-bond donors (Lipinski definition) is 0. The van der Waals surface area contributed by atoms with Gasteiger partial charge in [-0.3, -0.25) is 0 Å². The molecule has 1 aromatic carbocycles. The predicted octanol–water partition coefficient (Wildman–Crippen LogP) is 4.14. The molecule has 0 radical (unpaired) electrons. The normalized spacial score (nSPS) is 31.2. The van der Waals surface area contributed by atoms with E-state index >= 15 is 0 Å². The van der Waals surface area contributed by atoms with E-state index in [9.17, 15) is 0 Å². The fraction of sp³-hybridized carbons (Fsp3) is 0.500. The zero-order chi connectivity index (χ0) is 11.0. The van der Waals surface area contributed by atoms with Gasteiger partial charge in [-0.05, 0) is 55.9 Å². The van der Waals surface area contributed by atoms with Crippen molar-refractivity contribution in [3.05, 3.63) is 47.5 Å². The van der Waals surface area contributed by atoms with Gasteiger partial charge in [0.25, 0.3) is 0 Å². The molecule has 3 atom stereocenters. The van der Waals surface area contributed by atoms with E-state index in [1.165, 1.54) is 36.8 Å². The van der Waals surface area contributed by atoms with Crippen LogP contribution in [-0.4, -0.2) is 0 Å². The van der Waals surface area contributed by atoms with Crippen molar-refractivity contribution in [1.82, 2.24) is 0 Å². The molecule has 16 heavy (non-hydrogen) atoms. The number of allylic oxidation sites excluding steroid dienone is 2. The van der Waals surface area contributed by atoms with Crippen molar-refractivity contribution in [1.29, 1.82) is 0 Å². The van der Waals surface area contributed by atoms with Crippen molar-refractivity contribution in [3.63, 3.8) is 0 Å². The number of fused-ring (bicyclic) bond motifs is 2.